The van der Waals surface area contributed by atoms with Gasteiger partial charge in [0.25, 0.3) is 0 Å². The largest absolute Gasteiger partial charge is 0.463 e. The molecule has 2 aromatic rings. The summed E-state index contributed by atoms with van der Waals surface area (Å²) in [4.78, 5) is 24.0. The zero-order valence-corrected chi connectivity index (χ0v) is 14.4. The minimum atomic E-state index is -0.332. The Morgan fingerprint density at radius 1 is 1.17 bits per heavy atom. The third kappa shape index (κ3) is 7.06. The third-order valence-electron chi connectivity index (χ3n) is 2.41. The molecule has 0 radical (unpaired) electrons. The molecule has 0 aliphatic rings. The van der Waals surface area contributed by atoms with Crippen LogP contribution in [0.5, 0.6) is 0 Å². The molecule has 2 aromatic heterocycles. The fraction of sp³-hybridized carbons (Fsp3) is 0.294. The molecule has 0 bridgehead atoms. The summed E-state index contributed by atoms with van der Waals surface area (Å²) >= 11 is 1.44. The maximum Gasteiger partial charge on any atom is 0.330 e. The van der Waals surface area contributed by atoms with E-state index < -0.39 is 0 Å². The molecule has 122 valence electrons. The first-order valence-electron chi connectivity index (χ1n) is 7.50. The van der Waals surface area contributed by atoms with Gasteiger partial charge >= 0.3 is 5.97 Å². The van der Waals surface area contributed by atoms with E-state index in [9.17, 15) is 4.79 Å². The molecule has 6 heteroatoms. The standard InChI is InChI=1S/C15H15N3O2S.C2H6/c1-2-20-14(19)7-5-11-21-15-17-10-8-13(18-15)12-6-3-4-9-16-12;1-2/h3-10H,2,11H2,1H3;1-2H3/b7-5+;. The molecule has 0 N–H and O–H groups in total. The molecule has 0 aliphatic carbocycles. The maximum atomic E-state index is 11.1. The van der Waals surface area contributed by atoms with E-state index in [1.165, 1.54) is 17.8 Å². The van der Waals surface area contributed by atoms with Gasteiger partial charge in [-0.1, -0.05) is 37.8 Å². The second kappa shape index (κ2) is 11.4. The van der Waals surface area contributed by atoms with E-state index in [2.05, 4.69) is 15.0 Å². The van der Waals surface area contributed by atoms with Crippen molar-refractivity contribution in [1.29, 1.82) is 0 Å². The van der Waals surface area contributed by atoms with Gasteiger partial charge in [-0.05, 0) is 25.1 Å². The molecule has 0 unspecified atom stereocenters. The lowest BCUT2D eigenvalue weighted by molar-refractivity contribution is -0.137. The molecule has 0 saturated carbocycles. The molecule has 0 saturated heterocycles. The average molecular weight is 331 g/mol. The molecular weight excluding hydrogens is 310 g/mol. The van der Waals surface area contributed by atoms with Crippen LogP contribution in [0.2, 0.25) is 0 Å². The van der Waals surface area contributed by atoms with Gasteiger partial charge in [0.2, 0.25) is 0 Å². The third-order valence-corrected chi connectivity index (χ3v) is 3.22. The van der Waals surface area contributed by atoms with Crippen molar-refractivity contribution >= 4 is 17.7 Å². The lowest BCUT2D eigenvalue weighted by Gasteiger charge is -2.01. The van der Waals surface area contributed by atoms with Gasteiger partial charge in [0.15, 0.2) is 5.16 Å². The number of pyridine rings is 1. The smallest absolute Gasteiger partial charge is 0.330 e. The van der Waals surface area contributed by atoms with E-state index >= 15 is 0 Å². The van der Waals surface area contributed by atoms with Crippen LogP contribution in [0.15, 0.2) is 54.0 Å². The van der Waals surface area contributed by atoms with Gasteiger partial charge in [0, 0.05) is 24.2 Å². The first kappa shape index (κ1) is 18.8. The lowest BCUT2D eigenvalue weighted by atomic mass is 10.3. The number of rotatable bonds is 6. The van der Waals surface area contributed by atoms with Gasteiger partial charge in [-0.25, -0.2) is 14.8 Å². The fourth-order valence-corrected chi connectivity index (χ4v) is 2.16. The van der Waals surface area contributed by atoms with Crippen molar-refractivity contribution in [1.82, 2.24) is 15.0 Å². The first-order chi connectivity index (χ1) is 11.3. The Morgan fingerprint density at radius 3 is 2.70 bits per heavy atom. The van der Waals surface area contributed by atoms with Crippen LogP contribution >= 0.6 is 11.8 Å². The van der Waals surface area contributed by atoms with E-state index in [0.29, 0.717) is 17.5 Å². The van der Waals surface area contributed by atoms with Crippen LogP contribution in [0.1, 0.15) is 20.8 Å². The molecule has 0 fully saturated rings. The summed E-state index contributed by atoms with van der Waals surface area (Å²) < 4.78 is 4.80. The summed E-state index contributed by atoms with van der Waals surface area (Å²) in [6.45, 7) is 6.16. The van der Waals surface area contributed by atoms with Gasteiger partial charge in [-0.15, -0.1) is 0 Å². The van der Waals surface area contributed by atoms with Crippen molar-refractivity contribution in [2.45, 2.75) is 25.9 Å². The summed E-state index contributed by atoms with van der Waals surface area (Å²) in [5, 5.41) is 0.645. The van der Waals surface area contributed by atoms with Crippen molar-refractivity contribution < 1.29 is 9.53 Å². The van der Waals surface area contributed by atoms with Crippen molar-refractivity contribution in [2.75, 3.05) is 12.4 Å². The minimum Gasteiger partial charge on any atom is -0.463 e. The van der Waals surface area contributed by atoms with E-state index in [1.54, 1.807) is 25.4 Å². The summed E-state index contributed by atoms with van der Waals surface area (Å²) in [5.41, 5.74) is 1.59. The van der Waals surface area contributed by atoms with Gasteiger partial charge in [0.1, 0.15) is 0 Å². The van der Waals surface area contributed by atoms with Gasteiger partial charge in [-0.2, -0.15) is 0 Å². The normalized spacial score (nSPS) is 10.0. The van der Waals surface area contributed by atoms with Crippen LogP contribution in [0.25, 0.3) is 11.4 Å². The number of thioether (sulfide) groups is 1. The van der Waals surface area contributed by atoms with Crippen LogP contribution in [0.4, 0.5) is 0 Å². The van der Waals surface area contributed by atoms with Gasteiger partial charge in [-0.3, -0.25) is 4.98 Å². The van der Waals surface area contributed by atoms with Crippen LogP contribution in [0, 0.1) is 0 Å². The van der Waals surface area contributed by atoms with E-state index in [4.69, 9.17) is 4.74 Å². The van der Waals surface area contributed by atoms with Crippen LogP contribution in [-0.4, -0.2) is 33.3 Å². The molecule has 0 spiro atoms. The zero-order valence-electron chi connectivity index (χ0n) is 13.6. The van der Waals surface area contributed by atoms with Crippen molar-refractivity contribution in [3.05, 3.63) is 48.8 Å². The molecule has 0 aromatic carbocycles. The Hall–Kier alpha value is -2.21. The van der Waals surface area contributed by atoms with Crippen LogP contribution < -0.4 is 0 Å². The van der Waals surface area contributed by atoms with Crippen LogP contribution in [-0.2, 0) is 9.53 Å². The predicted molar refractivity (Wildman–Crippen MR) is 93.1 cm³/mol. The summed E-state index contributed by atoms with van der Waals surface area (Å²) in [6.07, 6.45) is 6.58. The number of esters is 1. The number of ether oxygens (including phenoxy) is 1. The van der Waals surface area contributed by atoms with Crippen molar-refractivity contribution in [2.24, 2.45) is 0 Å². The Morgan fingerprint density at radius 2 is 2.00 bits per heavy atom. The van der Waals surface area contributed by atoms with E-state index in [0.717, 1.165) is 11.4 Å². The highest BCUT2D eigenvalue weighted by molar-refractivity contribution is 7.99. The quantitative estimate of drug-likeness (QED) is 0.347. The Kier molecular flexibility index (Phi) is 9.31. The van der Waals surface area contributed by atoms with Crippen LogP contribution in [0.3, 0.4) is 0 Å². The Balaban J connectivity index is 0.00000127. The summed E-state index contributed by atoms with van der Waals surface area (Å²) in [5.74, 6) is 0.270. The number of aromatic nitrogens is 3. The Labute approximate surface area is 141 Å². The minimum absolute atomic E-state index is 0.332. The first-order valence-corrected chi connectivity index (χ1v) is 8.48. The highest BCUT2D eigenvalue weighted by Crippen LogP contribution is 2.18. The summed E-state index contributed by atoms with van der Waals surface area (Å²) in [6, 6.07) is 7.50. The zero-order chi connectivity index (χ0) is 16.9. The Bertz CT molecular complexity index is 618. The average Bonchev–Trinajstić information content (AvgIpc) is 2.62. The predicted octanol–water partition coefficient (Wildman–Crippen LogP) is 3.78. The number of hydrogen-bond donors (Lipinski definition) is 0. The monoisotopic (exact) mass is 331 g/mol. The molecular formula is C17H21N3O2S. The highest BCUT2D eigenvalue weighted by atomic mass is 32.2. The van der Waals surface area contributed by atoms with E-state index in [1.807, 2.05) is 38.1 Å². The molecule has 0 aliphatic heterocycles. The molecule has 2 heterocycles. The number of hydrogen-bond acceptors (Lipinski definition) is 6. The van der Waals surface area contributed by atoms with Crippen molar-refractivity contribution in [3.8, 4) is 11.4 Å². The summed E-state index contributed by atoms with van der Waals surface area (Å²) in [7, 11) is 0. The highest BCUT2D eigenvalue weighted by Gasteiger charge is 2.03. The second-order valence-electron chi connectivity index (χ2n) is 3.90. The lowest BCUT2D eigenvalue weighted by Crippen LogP contribution is -1.99. The SMILES string of the molecule is CC.CCOC(=O)/C=C/CSc1nccc(-c2ccccn2)n1. The number of carbonyl (C=O) groups excluding carboxylic acids is 1. The van der Waals surface area contributed by atoms with Gasteiger partial charge < -0.3 is 4.74 Å². The molecule has 0 amide bonds. The fourth-order valence-electron chi connectivity index (χ4n) is 1.52. The van der Waals surface area contributed by atoms with Crippen molar-refractivity contribution in [3.63, 3.8) is 0 Å². The topological polar surface area (TPSA) is 65.0 Å². The maximum absolute atomic E-state index is 11.1. The number of nitrogens with zero attached hydrogens (tertiary/aromatic N) is 3. The molecule has 5 nitrogen and oxygen atoms in total. The van der Waals surface area contributed by atoms with E-state index in [-0.39, 0.29) is 5.97 Å². The molecule has 2 rings (SSSR count). The number of carbonyl (C=O) groups is 1. The molecule has 0 atom stereocenters. The molecule has 23 heavy (non-hydrogen) atoms. The van der Waals surface area contributed by atoms with Gasteiger partial charge in [0.05, 0.1) is 18.0 Å². The second-order valence-corrected chi connectivity index (χ2v) is 4.89.